The lowest BCUT2D eigenvalue weighted by atomic mass is 10.2. The Morgan fingerprint density at radius 1 is 0.625 bits per heavy atom. The van der Waals surface area contributed by atoms with Gasteiger partial charge in [-0.25, -0.2) is 0 Å². The van der Waals surface area contributed by atoms with E-state index in [0.717, 1.165) is 6.42 Å². The molecule has 122 valence electrons. The Balaban J connectivity index is 1.76. The second-order valence-corrected chi connectivity index (χ2v) is 8.83. The molecule has 2 heteroatoms. The molecule has 0 N–H and O–H groups in total. The lowest BCUT2D eigenvalue weighted by Crippen LogP contribution is -2.02. The number of thioether (sulfide) groups is 2. The van der Waals surface area contributed by atoms with E-state index in [2.05, 4.69) is 92.7 Å². The average molecular weight is 351 g/mol. The summed E-state index contributed by atoms with van der Waals surface area (Å²) in [5, 5.41) is 0. The van der Waals surface area contributed by atoms with Crippen LogP contribution in [0.5, 0.6) is 0 Å². The summed E-state index contributed by atoms with van der Waals surface area (Å²) in [6.45, 7) is 4.27. The summed E-state index contributed by atoms with van der Waals surface area (Å²) in [6.07, 6.45) is 1.05. The van der Waals surface area contributed by atoms with E-state index in [1.807, 2.05) is 23.5 Å². The van der Waals surface area contributed by atoms with Gasteiger partial charge in [0.05, 0.1) is 4.58 Å². The zero-order valence-corrected chi connectivity index (χ0v) is 15.7. The molecule has 0 atom stereocenters. The molecule has 0 bridgehead atoms. The van der Waals surface area contributed by atoms with Gasteiger partial charge in [-0.3, -0.25) is 0 Å². The van der Waals surface area contributed by atoms with E-state index < -0.39 is 0 Å². The molecule has 0 amide bonds. The molecule has 0 saturated heterocycles. The molecule has 3 rings (SSSR count). The predicted octanol–water partition coefficient (Wildman–Crippen LogP) is 6.76. The number of benzene rings is 3. The number of rotatable bonds is 6. The van der Waals surface area contributed by atoms with Crippen molar-refractivity contribution in [2.24, 2.45) is 0 Å². The van der Waals surface area contributed by atoms with Crippen molar-refractivity contribution in [2.75, 3.05) is 0 Å². The molecule has 3 aromatic carbocycles. The summed E-state index contributed by atoms with van der Waals surface area (Å²) in [5.74, 6) is 0. The van der Waals surface area contributed by atoms with E-state index >= 15 is 0 Å². The molecule has 0 aliphatic carbocycles. The summed E-state index contributed by atoms with van der Waals surface area (Å²) in [6, 6.07) is 28.5. The molecular formula is C22H22S2. The van der Waals surface area contributed by atoms with Gasteiger partial charge in [-0.2, -0.15) is 0 Å². The minimum Gasteiger partial charge on any atom is -0.111 e. The highest BCUT2D eigenvalue weighted by Gasteiger charge is 2.13. The third-order valence-corrected chi connectivity index (χ3v) is 6.35. The van der Waals surface area contributed by atoms with Crippen LogP contribution in [-0.2, 0) is 6.42 Å². The highest BCUT2D eigenvalue weighted by molar-refractivity contribution is 8.17. The highest BCUT2D eigenvalue weighted by Crippen LogP contribution is 2.37. The lowest BCUT2D eigenvalue weighted by Gasteiger charge is -2.17. The Bertz CT molecular complexity index is 699. The van der Waals surface area contributed by atoms with Gasteiger partial charge in [-0.05, 0) is 50.1 Å². The van der Waals surface area contributed by atoms with Crippen molar-refractivity contribution in [3.63, 3.8) is 0 Å². The van der Waals surface area contributed by atoms with E-state index in [9.17, 15) is 0 Å². The van der Waals surface area contributed by atoms with Gasteiger partial charge in [-0.15, -0.1) is 23.5 Å². The van der Waals surface area contributed by atoms with E-state index in [-0.39, 0.29) is 0 Å². The van der Waals surface area contributed by atoms with Crippen LogP contribution >= 0.6 is 23.5 Å². The largest absolute Gasteiger partial charge is 0.111 e. The van der Waals surface area contributed by atoms with Crippen molar-refractivity contribution in [3.8, 4) is 0 Å². The molecule has 0 aromatic heterocycles. The molecule has 0 spiro atoms. The van der Waals surface area contributed by atoms with E-state index in [1.54, 1.807) is 0 Å². The van der Waals surface area contributed by atoms with Crippen LogP contribution in [0.4, 0.5) is 0 Å². The summed E-state index contributed by atoms with van der Waals surface area (Å²) in [4.78, 5) is 2.67. The summed E-state index contributed by atoms with van der Waals surface area (Å²) in [5.41, 5.74) is 4.01. The standard InChI is InChI=1S/C22H22S2/c1-17-8-12-20(13-9-17)23-22(16-19-6-4-3-5-7-19)24-21-14-10-18(2)11-15-21/h3-15,22H,16H2,1-2H3. The summed E-state index contributed by atoms with van der Waals surface area (Å²) < 4.78 is 0.456. The van der Waals surface area contributed by atoms with Gasteiger partial charge in [0.15, 0.2) is 0 Å². The minimum atomic E-state index is 0.456. The van der Waals surface area contributed by atoms with Crippen molar-refractivity contribution in [2.45, 2.75) is 34.6 Å². The lowest BCUT2D eigenvalue weighted by molar-refractivity contribution is 1.10. The molecule has 0 heterocycles. The third kappa shape index (κ3) is 5.19. The zero-order chi connectivity index (χ0) is 16.8. The second-order valence-electron chi connectivity index (χ2n) is 5.98. The number of hydrogen-bond donors (Lipinski definition) is 0. The fourth-order valence-electron chi connectivity index (χ4n) is 2.45. The van der Waals surface area contributed by atoms with E-state index in [4.69, 9.17) is 0 Å². The highest BCUT2D eigenvalue weighted by atomic mass is 32.2. The zero-order valence-electron chi connectivity index (χ0n) is 14.1. The monoisotopic (exact) mass is 350 g/mol. The van der Waals surface area contributed by atoms with E-state index in [1.165, 1.54) is 26.5 Å². The van der Waals surface area contributed by atoms with Gasteiger partial charge < -0.3 is 0 Å². The van der Waals surface area contributed by atoms with Crippen molar-refractivity contribution >= 4 is 23.5 Å². The molecule has 0 aliphatic rings. The molecule has 24 heavy (non-hydrogen) atoms. The predicted molar refractivity (Wildman–Crippen MR) is 108 cm³/mol. The SMILES string of the molecule is Cc1ccc(SC(Cc2ccccc2)Sc2ccc(C)cc2)cc1. The minimum absolute atomic E-state index is 0.456. The Morgan fingerprint density at radius 2 is 1.08 bits per heavy atom. The first-order chi connectivity index (χ1) is 11.7. The van der Waals surface area contributed by atoms with Gasteiger partial charge in [0.1, 0.15) is 0 Å². The van der Waals surface area contributed by atoms with Crippen molar-refractivity contribution in [1.29, 1.82) is 0 Å². The number of hydrogen-bond acceptors (Lipinski definition) is 2. The Labute approximate surface area is 153 Å². The molecule has 0 fully saturated rings. The van der Waals surface area contributed by atoms with Crippen molar-refractivity contribution in [3.05, 3.63) is 95.6 Å². The Kier molecular flexibility index (Phi) is 6.06. The van der Waals surface area contributed by atoms with Crippen LogP contribution < -0.4 is 0 Å². The average Bonchev–Trinajstić information content (AvgIpc) is 2.60. The normalized spacial score (nSPS) is 11.0. The maximum atomic E-state index is 2.23. The smallest absolute Gasteiger partial charge is 0.0637 e. The third-order valence-electron chi connectivity index (χ3n) is 3.82. The fourth-order valence-corrected chi connectivity index (χ4v) is 5.06. The van der Waals surface area contributed by atoms with Crippen LogP contribution in [0, 0.1) is 13.8 Å². The maximum absolute atomic E-state index is 2.23. The Morgan fingerprint density at radius 3 is 1.54 bits per heavy atom. The first kappa shape index (κ1) is 17.2. The molecule has 0 nitrogen and oxygen atoms in total. The Hall–Kier alpha value is -1.64. The van der Waals surface area contributed by atoms with Crippen molar-refractivity contribution < 1.29 is 0 Å². The quantitative estimate of drug-likeness (QED) is 0.356. The maximum Gasteiger partial charge on any atom is 0.0637 e. The second kappa shape index (κ2) is 8.46. The van der Waals surface area contributed by atoms with Gasteiger partial charge in [-0.1, -0.05) is 65.7 Å². The molecule has 3 aromatic rings. The molecule has 0 saturated carbocycles. The van der Waals surface area contributed by atoms with Crippen LogP contribution in [0.25, 0.3) is 0 Å². The van der Waals surface area contributed by atoms with Crippen molar-refractivity contribution in [1.82, 2.24) is 0 Å². The topological polar surface area (TPSA) is 0 Å². The molecular weight excluding hydrogens is 328 g/mol. The van der Waals surface area contributed by atoms with Gasteiger partial charge in [0, 0.05) is 9.79 Å². The first-order valence-corrected chi connectivity index (χ1v) is 9.95. The van der Waals surface area contributed by atoms with Crippen LogP contribution in [0.2, 0.25) is 0 Å². The van der Waals surface area contributed by atoms with Gasteiger partial charge in [0.25, 0.3) is 0 Å². The fraction of sp³-hybridized carbons (Fsp3) is 0.182. The van der Waals surface area contributed by atoms with E-state index in [0.29, 0.717) is 4.58 Å². The molecule has 0 unspecified atom stereocenters. The first-order valence-electron chi connectivity index (χ1n) is 8.19. The summed E-state index contributed by atoms with van der Waals surface area (Å²) >= 11 is 3.91. The molecule has 0 radical (unpaired) electrons. The van der Waals surface area contributed by atoms with Crippen LogP contribution in [-0.4, -0.2) is 4.58 Å². The van der Waals surface area contributed by atoms with Crippen LogP contribution in [0.15, 0.2) is 88.7 Å². The van der Waals surface area contributed by atoms with Crippen LogP contribution in [0.1, 0.15) is 16.7 Å². The molecule has 0 aliphatic heterocycles. The van der Waals surface area contributed by atoms with Gasteiger partial charge in [0.2, 0.25) is 0 Å². The van der Waals surface area contributed by atoms with Crippen LogP contribution in [0.3, 0.4) is 0 Å². The number of aryl methyl sites for hydroxylation is 2. The summed E-state index contributed by atoms with van der Waals surface area (Å²) in [7, 11) is 0. The van der Waals surface area contributed by atoms with Gasteiger partial charge >= 0.3 is 0 Å².